The van der Waals surface area contributed by atoms with Crippen molar-refractivity contribution >= 4 is 35.0 Å². The Bertz CT molecular complexity index is 622. The van der Waals surface area contributed by atoms with Crippen LogP contribution < -0.4 is 10.0 Å². The molecule has 104 valence electrons. The average Bonchev–Trinajstić information content (AvgIpc) is 2.43. The highest BCUT2D eigenvalue weighted by atomic mass is 35.5. The number of carbonyl (C=O) groups is 1. The summed E-state index contributed by atoms with van der Waals surface area (Å²) in [5, 5.41) is 14.8. The molecule has 0 spiro atoms. The number of nitrogens with one attached hydrogen (secondary N) is 1. The van der Waals surface area contributed by atoms with Crippen LogP contribution in [0.1, 0.15) is 6.92 Å². The fraction of sp³-hybridized carbons (Fsp3) is 0.143. The van der Waals surface area contributed by atoms with E-state index in [1.807, 2.05) is 0 Å². The lowest BCUT2D eigenvalue weighted by molar-refractivity contribution is -0.645. The lowest BCUT2D eigenvalue weighted by Crippen LogP contribution is -2.30. The molecular formula is C14H13ClN2O2S. The molecule has 0 aliphatic rings. The fourth-order valence-corrected chi connectivity index (χ4v) is 2.57. The van der Waals surface area contributed by atoms with Crippen LogP contribution >= 0.6 is 23.4 Å². The number of benzene rings is 1. The number of carbonyl (C=O) groups excluding carboxylic acids is 1. The van der Waals surface area contributed by atoms with Crippen LogP contribution in [0, 0.1) is 5.21 Å². The zero-order valence-electron chi connectivity index (χ0n) is 10.7. The predicted octanol–water partition coefficient (Wildman–Crippen LogP) is 3.09. The first-order valence-corrected chi connectivity index (χ1v) is 7.24. The predicted molar refractivity (Wildman–Crippen MR) is 80.8 cm³/mol. The van der Waals surface area contributed by atoms with Gasteiger partial charge < -0.3 is 10.5 Å². The first-order chi connectivity index (χ1) is 9.58. The molecule has 6 heteroatoms. The quantitative estimate of drug-likeness (QED) is 0.536. The van der Waals surface area contributed by atoms with Gasteiger partial charge in [0.25, 0.3) is 5.03 Å². The number of amides is 1. The Kier molecular flexibility index (Phi) is 4.87. The topological polar surface area (TPSA) is 56.0 Å². The zero-order chi connectivity index (χ0) is 14.5. The minimum Gasteiger partial charge on any atom is -0.618 e. The van der Waals surface area contributed by atoms with Crippen molar-refractivity contribution in [3.63, 3.8) is 0 Å². The normalized spacial score (nSPS) is 11.9. The Hall–Kier alpha value is -1.72. The van der Waals surface area contributed by atoms with Gasteiger partial charge in [0.15, 0.2) is 6.20 Å². The van der Waals surface area contributed by atoms with Crippen LogP contribution in [-0.4, -0.2) is 11.2 Å². The molecule has 0 bridgehead atoms. The highest BCUT2D eigenvalue weighted by Gasteiger charge is 2.19. The largest absolute Gasteiger partial charge is 0.618 e. The maximum absolute atomic E-state index is 12.1. The van der Waals surface area contributed by atoms with Crippen molar-refractivity contribution in [2.75, 3.05) is 5.32 Å². The van der Waals surface area contributed by atoms with Crippen LogP contribution in [0.15, 0.2) is 53.7 Å². The minimum absolute atomic E-state index is 0.202. The second-order valence-electron chi connectivity index (χ2n) is 4.09. The minimum atomic E-state index is -0.408. The summed E-state index contributed by atoms with van der Waals surface area (Å²) in [5.41, 5.74) is 0.565. The molecule has 2 rings (SSSR count). The van der Waals surface area contributed by atoms with E-state index in [1.165, 1.54) is 18.0 Å². The van der Waals surface area contributed by atoms with Crippen LogP contribution in [0.5, 0.6) is 0 Å². The standard InChI is InChI=1S/C14H13ClN2O2S/c1-10(20-13-8-4-5-9-17(13)19)14(18)16-12-7-3-2-6-11(12)15/h2-10H,1H3,(H,16,18)/t10-/m0/s1. The summed E-state index contributed by atoms with van der Waals surface area (Å²) in [7, 11) is 0. The van der Waals surface area contributed by atoms with Gasteiger partial charge in [0, 0.05) is 12.1 Å². The van der Waals surface area contributed by atoms with Crippen LogP contribution in [-0.2, 0) is 4.79 Å². The van der Waals surface area contributed by atoms with E-state index in [-0.39, 0.29) is 5.91 Å². The van der Waals surface area contributed by atoms with E-state index >= 15 is 0 Å². The Morgan fingerprint density at radius 2 is 2.00 bits per heavy atom. The molecule has 0 radical (unpaired) electrons. The third-order valence-corrected chi connectivity index (χ3v) is 4.04. The van der Waals surface area contributed by atoms with Crippen LogP contribution in [0.3, 0.4) is 0 Å². The summed E-state index contributed by atoms with van der Waals surface area (Å²) in [6.07, 6.45) is 1.40. The Morgan fingerprint density at radius 1 is 1.30 bits per heavy atom. The number of nitrogens with zero attached hydrogens (tertiary/aromatic N) is 1. The molecule has 2 aromatic rings. The van der Waals surface area contributed by atoms with Crippen molar-refractivity contribution in [3.8, 4) is 0 Å². The van der Waals surface area contributed by atoms with Crippen LogP contribution in [0.2, 0.25) is 5.02 Å². The van der Waals surface area contributed by atoms with E-state index in [2.05, 4.69) is 5.32 Å². The van der Waals surface area contributed by atoms with E-state index < -0.39 is 5.25 Å². The molecule has 1 N–H and O–H groups in total. The molecule has 0 aliphatic carbocycles. The highest BCUT2D eigenvalue weighted by molar-refractivity contribution is 8.00. The second kappa shape index (κ2) is 6.63. The summed E-state index contributed by atoms with van der Waals surface area (Å²) >= 11 is 7.18. The molecule has 1 amide bonds. The van der Waals surface area contributed by atoms with Gasteiger partial charge in [0.05, 0.1) is 16.0 Å². The number of halogens is 1. The second-order valence-corrected chi connectivity index (χ2v) is 5.86. The van der Waals surface area contributed by atoms with Crippen LogP contribution in [0.25, 0.3) is 0 Å². The van der Waals surface area contributed by atoms with Gasteiger partial charge in [-0.1, -0.05) is 23.7 Å². The fourth-order valence-electron chi connectivity index (χ4n) is 1.54. The number of hydrogen-bond donors (Lipinski definition) is 1. The van der Waals surface area contributed by atoms with Gasteiger partial charge in [0.2, 0.25) is 5.91 Å². The van der Waals surface area contributed by atoms with Gasteiger partial charge in [-0.25, -0.2) is 0 Å². The number of pyridine rings is 1. The van der Waals surface area contributed by atoms with E-state index in [9.17, 15) is 10.0 Å². The molecule has 1 aromatic carbocycles. The molecule has 1 atom stereocenters. The number of rotatable bonds is 4. The average molecular weight is 309 g/mol. The molecule has 20 heavy (non-hydrogen) atoms. The van der Waals surface area contributed by atoms with Gasteiger partial charge in [-0.2, -0.15) is 4.73 Å². The molecular weight excluding hydrogens is 296 g/mol. The Balaban J connectivity index is 2.03. The number of para-hydroxylation sites is 1. The van der Waals surface area contributed by atoms with Crippen molar-refractivity contribution in [1.29, 1.82) is 0 Å². The van der Waals surface area contributed by atoms with Crippen molar-refractivity contribution in [2.45, 2.75) is 17.2 Å². The zero-order valence-corrected chi connectivity index (χ0v) is 12.3. The molecule has 1 aromatic heterocycles. The first kappa shape index (κ1) is 14.7. The monoisotopic (exact) mass is 308 g/mol. The molecule has 1 heterocycles. The molecule has 0 saturated heterocycles. The Morgan fingerprint density at radius 3 is 2.70 bits per heavy atom. The Labute approximate surface area is 126 Å². The number of aromatic nitrogens is 1. The summed E-state index contributed by atoms with van der Waals surface area (Å²) in [6.45, 7) is 1.74. The summed E-state index contributed by atoms with van der Waals surface area (Å²) in [5.74, 6) is -0.202. The third kappa shape index (κ3) is 3.65. The summed E-state index contributed by atoms with van der Waals surface area (Å²) < 4.78 is 0.740. The third-order valence-electron chi connectivity index (χ3n) is 2.59. The van der Waals surface area contributed by atoms with Crippen molar-refractivity contribution < 1.29 is 9.52 Å². The van der Waals surface area contributed by atoms with Crippen molar-refractivity contribution in [3.05, 3.63) is 58.9 Å². The van der Waals surface area contributed by atoms with E-state index in [1.54, 1.807) is 49.4 Å². The lowest BCUT2D eigenvalue weighted by Gasteiger charge is -2.12. The van der Waals surface area contributed by atoms with E-state index in [0.29, 0.717) is 15.7 Å². The molecule has 0 fully saturated rings. The number of hydrogen-bond acceptors (Lipinski definition) is 3. The lowest BCUT2D eigenvalue weighted by atomic mass is 10.3. The SMILES string of the molecule is C[C@H](Sc1cccc[n+]1[O-])C(=O)Nc1ccccc1Cl. The summed E-state index contributed by atoms with van der Waals surface area (Å²) in [4.78, 5) is 12.1. The molecule has 4 nitrogen and oxygen atoms in total. The summed E-state index contributed by atoms with van der Waals surface area (Å²) in [6, 6.07) is 12.1. The van der Waals surface area contributed by atoms with Gasteiger partial charge in [0.1, 0.15) is 0 Å². The van der Waals surface area contributed by atoms with Crippen molar-refractivity contribution in [1.82, 2.24) is 0 Å². The smallest absolute Gasteiger partial charge is 0.252 e. The van der Waals surface area contributed by atoms with E-state index in [0.717, 1.165) is 4.73 Å². The molecule has 0 unspecified atom stereocenters. The van der Waals surface area contributed by atoms with Crippen molar-refractivity contribution in [2.24, 2.45) is 0 Å². The molecule has 0 aliphatic heterocycles. The van der Waals surface area contributed by atoms with Gasteiger partial charge in [-0.3, -0.25) is 4.79 Å². The molecule has 0 saturated carbocycles. The first-order valence-electron chi connectivity index (χ1n) is 5.98. The van der Waals surface area contributed by atoms with Gasteiger partial charge in [-0.05, 0) is 36.9 Å². The maximum atomic E-state index is 12.1. The number of thioether (sulfide) groups is 1. The highest BCUT2D eigenvalue weighted by Crippen LogP contribution is 2.24. The number of anilines is 1. The van der Waals surface area contributed by atoms with Gasteiger partial charge in [-0.15, -0.1) is 0 Å². The van der Waals surface area contributed by atoms with Crippen LogP contribution in [0.4, 0.5) is 5.69 Å². The van der Waals surface area contributed by atoms with Gasteiger partial charge >= 0.3 is 0 Å². The maximum Gasteiger partial charge on any atom is 0.252 e. The van der Waals surface area contributed by atoms with E-state index in [4.69, 9.17) is 11.6 Å².